The van der Waals surface area contributed by atoms with Crippen molar-refractivity contribution in [3.8, 4) is 0 Å². The maximum absolute atomic E-state index is 12.5. The SMILES string of the molecule is Cc1csc(NC(=O)[C@@H](c2ccc(Cl)cc2)C(C)C)n1. The van der Waals surface area contributed by atoms with Crippen LogP contribution >= 0.6 is 22.9 Å². The Morgan fingerprint density at radius 1 is 1.30 bits per heavy atom. The molecule has 0 unspecified atom stereocenters. The van der Waals surface area contributed by atoms with Crippen LogP contribution < -0.4 is 5.32 Å². The highest BCUT2D eigenvalue weighted by atomic mass is 35.5. The lowest BCUT2D eigenvalue weighted by molar-refractivity contribution is -0.118. The number of nitrogens with one attached hydrogen (secondary N) is 1. The first-order valence-electron chi connectivity index (χ1n) is 6.46. The lowest BCUT2D eigenvalue weighted by atomic mass is 9.88. The van der Waals surface area contributed by atoms with Gasteiger partial charge < -0.3 is 5.32 Å². The minimum Gasteiger partial charge on any atom is -0.301 e. The Morgan fingerprint density at radius 3 is 2.45 bits per heavy atom. The highest BCUT2D eigenvalue weighted by molar-refractivity contribution is 7.13. The molecule has 1 amide bonds. The van der Waals surface area contributed by atoms with E-state index in [2.05, 4.69) is 10.3 Å². The number of aromatic nitrogens is 1. The van der Waals surface area contributed by atoms with Crippen molar-refractivity contribution in [2.45, 2.75) is 26.7 Å². The monoisotopic (exact) mass is 308 g/mol. The molecule has 2 aromatic rings. The molecule has 20 heavy (non-hydrogen) atoms. The zero-order chi connectivity index (χ0) is 14.7. The van der Waals surface area contributed by atoms with Crippen LogP contribution in [-0.4, -0.2) is 10.9 Å². The minimum absolute atomic E-state index is 0.0309. The molecular formula is C15H17ClN2OS. The van der Waals surface area contributed by atoms with Crippen LogP contribution in [-0.2, 0) is 4.79 Å². The Bertz CT molecular complexity index is 592. The van der Waals surface area contributed by atoms with Gasteiger partial charge in [-0.25, -0.2) is 4.98 Å². The van der Waals surface area contributed by atoms with Gasteiger partial charge in [0, 0.05) is 10.4 Å². The fourth-order valence-corrected chi connectivity index (χ4v) is 2.92. The van der Waals surface area contributed by atoms with Gasteiger partial charge in [-0.15, -0.1) is 11.3 Å². The Hall–Kier alpha value is -1.39. The summed E-state index contributed by atoms with van der Waals surface area (Å²) in [6.07, 6.45) is 0. The minimum atomic E-state index is -0.212. The van der Waals surface area contributed by atoms with Gasteiger partial charge >= 0.3 is 0 Å². The second-order valence-electron chi connectivity index (χ2n) is 5.06. The lowest BCUT2D eigenvalue weighted by Crippen LogP contribution is -2.25. The van der Waals surface area contributed by atoms with Crippen LogP contribution in [0.25, 0.3) is 0 Å². The predicted octanol–water partition coefficient (Wildman–Crippen LogP) is 4.48. The van der Waals surface area contributed by atoms with Gasteiger partial charge in [-0.1, -0.05) is 37.6 Å². The molecule has 1 atom stereocenters. The molecule has 3 nitrogen and oxygen atoms in total. The van der Waals surface area contributed by atoms with E-state index >= 15 is 0 Å². The normalized spacial score (nSPS) is 12.4. The lowest BCUT2D eigenvalue weighted by Gasteiger charge is -2.20. The number of rotatable bonds is 4. The summed E-state index contributed by atoms with van der Waals surface area (Å²) in [6.45, 7) is 5.98. The molecule has 0 saturated carbocycles. The molecule has 0 fully saturated rings. The zero-order valence-electron chi connectivity index (χ0n) is 11.7. The second-order valence-corrected chi connectivity index (χ2v) is 6.35. The largest absolute Gasteiger partial charge is 0.301 e. The second kappa shape index (κ2) is 6.37. The predicted molar refractivity (Wildman–Crippen MR) is 84.5 cm³/mol. The van der Waals surface area contributed by atoms with Crippen molar-refractivity contribution in [3.63, 3.8) is 0 Å². The van der Waals surface area contributed by atoms with E-state index in [1.807, 2.05) is 50.4 Å². The first kappa shape index (κ1) is 15.0. The molecular weight excluding hydrogens is 292 g/mol. The summed E-state index contributed by atoms with van der Waals surface area (Å²) in [4.78, 5) is 16.7. The molecule has 1 aromatic heterocycles. The summed E-state index contributed by atoms with van der Waals surface area (Å²) in [5.74, 6) is -0.0506. The third-order valence-electron chi connectivity index (χ3n) is 3.03. The highest BCUT2D eigenvalue weighted by Crippen LogP contribution is 2.28. The molecule has 0 saturated heterocycles. The summed E-state index contributed by atoms with van der Waals surface area (Å²) in [5, 5.41) is 6.13. The Balaban J connectivity index is 2.20. The number of hydrogen-bond acceptors (Lipinski definition) is 3. The van der Waals surface area contributed by atoms with Crippen LogP contribution in [0.5, 0.6) is 0 Å². The van der Waals surface area contributed by atoms with Crippen LogP contribution in [0, 0.1) is 12.8 Å². The summed E-state index contributed by atoms with van der Waals surface area (Å²) in [7, 11) is 0. The molecule has 2 rings (SSSR count). The average Bonchev–Trinajstić information content (AvgIpc) is 2.77. The zero-order valence-corrected chi connectivity index (χ0v) is 13.3. The Morgan fingerprint density at radius 2 is 1.95 bits per heavy atom. The van der Waals surface area contributed by atoms with Gasteiger partial charge in [0.15, 0.2) is 5.13 Å². The van der Waals surface area contributed by atoms with E-state index in [1.165, 1.54) is 11.3 Å². The Labute approximate surface area is 128 Å². The number of nitrogens with zero attached hydrogens (tertiary/aromatic N) is 1. The number of amides is 1. The van der Waals surface area contributed by atoms with Crippen molar-refractivity contribution in [1.29, 1.82) is 0 Å². The van der Waals surface area contributed by atoms with Gasteiger partial charge in [0.1, 0.15) is 0 Å². The van der Waals surface area contributed by atoms with E-state index in [9.17, 15) is 4.79 Å². The van der Waals surface area contributed by atoms with Gasteiger partial charge in [-0.05, 0) is 30.5 Å². The van der Waals surface area contributed by atoms with Gasteiger partial charge in [0.25, 0.3) is 0 Å². The number of benzene rings is 1. The number of aryl methyl sites for hydroxylation is 1. The van der Waals surface area contributed by atoms with Gasteiger partial charge in [0.05, 0.1) is 11.6 Å². The number of hydrogen-bond donors (Lipinski definition) is 1. The van der Waals surface area contributed by atoms with Crippen molar-refractivity contribution in [1.82, 2.24) is 4.98 Å². The smallest absolute Gasteiger partial charge is 0.233 e. The first-order valence-corrected chi connectivity index (χ1v) is 7.71. The molecule has 106 valence electrons. The summed E-state index contributed by atoms with van der Waals surface area (Å²) >= 11 is 7.34. The van der Waals surface area contributed by atoms with Crippen molar-refractivity contribution in [2.24, 2.45) is 5.92 Å². The third kappa shape index (κ3) is 3.58. The number of carbonyl (C=O) groups excluding carboxylic acids is 1. The van der Waals surface area contributed by atoms with Crippen LogP contribution in [0.4, 0.5) is 5.13 Å². The van der Waals surface area contributed by atoms with Crippen molar-refractivity contribution >= 4 is 34.0 Å². The topological polar surface area (TPSA) is 42.0 Å². The summed E-state index contributed by atoms with van der Waals surface area (Å²) in [5.41, 5.74) is 1.88. The maximum Gasteiger partial charge on any atom is 0.233 e. The molecule has 1 aromatic carbocycles. The highest BCUT2D eigenvalue weighted by Gasteiger charge is 2.24. The fraction of sp³-hybridized carbons (Fsp3) is 0.333. The summed E-state index contributed by atoms with van der Waals surface area (Å²) < 4.78 is 0. The molecule has 0 aliphatic heterocycles. The number of anilines is 1. The van der Waals surface area contributed by atoms with Gasteiger partial charge in [0.2, 0.25) is 5.91 Å². The molecule has 0 spiro atoms. The van der Waals surface area contributed by atoms with Gasteiger partial charge in [-0.2, -0.15) is 0 Å². The van der Waals surface area contributed by atoms with E-state index < -0.39 is 0 Å². The molecule has 0 aliphatic carbocycles. The van der Waals surface area contributed by atoms with Crippen LogP contribution in [0.2, 0.25) is 5.02 Å². The van der Waals surface area contributed by atoms with E-state index in [-0.39, 0.29) is 17.7 Å². The van der Waals surface area contributed by atoms with Crippen LogP contribution in [0.1, 0.15) is 31.0 Å². The van der Waals surface area contributed by atoms with E-state index in [4.69, 9.17) is 11.6 Å². The van der Waals surface area contributed by atoms with E-state index in [0.29, 0.717) is 10.2 Å². The van der Waals surface area contributed by atoms with Gasteiger partial charge in [-0.3, -0.25) is 4.79 Å². The average molecular weight is 309 g/mol. The van der Waals surface area contributed by atoms with E-state index in [1.54, 1.807) is 0 Å². The first-order chi connectivity index (χ1) is 9.47. The van der Waals surface area contributed by atoms with Crippen LogP contribution in [0.3, 0.4) is 0 Å². The Kier molecular flexibility index (Phi) is 4.78. The molecule has 0 bridgehead atoms. The fourth-order valence-electron chi connectivity index (χ4n) is 2.10. The standard InChI is InChI=1S/C15H17ClN2OS/c1-9(2)13(11-4-6-12(16)7-5-11)14(19)18-15-17-10(3)8-20-15/h4-9,13H,1-3H3,(H,17,18,19)/t13-/m1/s1. The third-order valence-corrected chi connectivity index (χ3v) is 4.15. The summed E-state index contributed by atoms with van der Waals surface area (Å²) in [6, 6.07) is 7.43. The van der Waals surface area contributed by atoms with E-state index in [0.717, 1.165) is 11.3 Å². The number of thiazole rings is 1. The molecule has 1 heterocycles. The van der Waals surface area contributed by atoms with Crippen molar-refractivity contribution < 1.29 is 4.79 Å². The van der Waals surface area contributed by atoms with Crippen molar-refractivity contribution in [3.05, 3.63) is 45.9 Å². The maximum atomic E-state index is 12.5. The number of carbonyl (C=O) groups is 1. The molecule has 5 heteroatoms. The quantitative estimate of drug-likeness (QED) is 0.904. The molecule has 0 radical (unpaired) electrons. The van der Waals surface area contributed by atoms with Crippen molar-refractivity contribution in [2.75, 3.05) is 5.32 Å². The number of halogens is 1. The molecule has 0 aliphatic rings. The van der Waals surface area contributed by atoms with Crippen LogP contribution in [0.15, 0.2) is 29.6 Å². The molecule has 1 N–H and O–H groups in total.